The normalized spacial score (nSPS) is 11.1. The molecular weight excluding hydrogens is 264 g/mol. The van der Waals surface area contributed by atoms with E-state index in [-0.39, 0.29) is 10.4 Å². The summed E-state index contributed by atoms with van der Waals surface area (Å²) in [5.74, 6) is -1.25. The second-order valence-electron chi connectivity index (χ2n) is 4.47. The van der Waals surface area contributed by atoms with Crippen LogP contribution in [0.4, 0.5) is 0 Å². The van der Waals surface area contributed by atoms with E-state index < -0.39 is 5.97 Å². The first-order chi connectivity index (χ1) is 9.06. The van der Waals surface area contributed by atoms with E-state index in [9.17, 15) is 14.7 Å². The van der Waals surface area contributed by atoms with Crippen molar-refractivity contribution in [2.45, 2.75) is 39.7 Å². The number of aryl methyl sites for hydroxylation is 2. The molecule has 0 unspecified atom stereocenters. The molecule has 2 aromatic heterocycles. The highest BCUT2D eigenvalue weighted by molar-refractivity contribution is 7.20. The number of unbranched alkanes of at least 4 members (excludes halogenated alkanes) is 2. The molecule has 2 rings (SSSR count). The van der Waals surface area contributed by atoms with Gasteiger partial charge in [-0.2, -0.15) is 0 Å². The van der Waals surface area contributed by atoms with E-state index in [1.165, 1.54) is 6.33 Å². The molecule has 0 atom stereocenters. The van der Waals surface area contributed by atoms with Crippen LogP contribution in [0.2, 0.25) is 0 Å². The van der Waals surface area contributed by atoms with Crippen LogP contribution in [-0.2, 0) is 6.54 Å². The first-order valence-electron chi connectivity index (χ1n) is 6.26. The number of aromatic nitrogens is 2. The van der Waals surface area contributed by atoms with Crippen molar-refractivity contribution >= 4 is 27.5 Å². The molecule has 6 heteroatoms. The maximum atomic E-state index is 12.3. The number of hydrogen-bond acceptors (Lipinski definition) is 5. The quantitative estimate of drug-likeness (QED) is 0.774. The molecule has 0 N–H and O–H groups in total. The maximum Gasteiger partial charge on any atom is 0.262 e. The number of carboxylic acid groups (broad SMARTS) is 1. The molecule has 19 heavy (non-hydrogen) atoms. The minimum Gasteiger partial charge on any atom is -0.544 e. The van der Waals surface area contributed by atoms with Crippen LogP contribution in [0.15, 0.2) is 11.1 Å². The van der Waals surface area contributed by atoms with Crippen molar-refractivity contribution in [3.63, 3.8) is 0 Å². The molecule has 5 nitrogen and oxygen atoms in total. The molecule has 2 aromatic rings. The minimum absolute atomic E-state index is 0.0888. The van der Waals surface area contributed by atoms with E-state index in [4.69, 9.17) is 0 Å². The molecule has 0 aliphatic rings. The lowest BCUT2D eigenvalue weighted by Crippen LogP contribution is -2.23. The molecule has 0 fully saturated rings. The minimum atomic E-state index is -1.25. The number of carbonyl (C=O) groups is 1. The van der Waals surface area contributed by atoms with Crippen molar-refractivity contribution in [3.05, 3.63) is 27.1 Å². The zero-order valence-corrected chi connectivity index (χ0v) is 11.7. The maximum absolute atomic E-state index is 12.3. The smallest absolute Gasteiger partial charge is 0.262 e. The Kier molecular flexibility index (Phi) is 3.99. The molecule has 0 radical (unpaired) electrons. The molecule has 0 aliphatic heterocycles. The number of fused-ring (bicyclic) bond motifs is 1. The van der Waals surface area contributed by atoms with Crippen LogP contribution in [0.5, 0.6) is 0 Å². The SMILES string of the molecule is CCCCCn1cnc2sc(C(=O)[O-])c(C)c2c1=O. The zero-order chi connectivity index (χ0) is 14.0. The van der Waals surface area contributed by atoms with Crippen molar-refractivity contribution in [2.24, 2.45) is 0 Å². The van der Waals surface area contributed by atoms with Crippen molar-refractivity contribution in [1.82, 2.24) is 9.55 Å². The highest BCUT2D eigenvalue weighted by Crippen LogP contribution is 2.25. The molecule has 0 aliphatic carbocycles. The lowest BCUT2D eigenvalue weighted by atomic mass is 10.2. The second-order valence-corrected chi connectivity index (χ2v) is 5.47. The van der Waals surface area contributed by atoms with Gasteiger partial charge in [0.05, 0.1) is 22.6 Å². The van der Waals surface area contributed by atoms with Crippen molar-refractivity contribution in [1.29, 1.82) is 0 Å². The van der Waals surface area contributed by atoms with Crippen LogP contribution in [0.1, 0.15) is 41.4 Å². The number of thiophene rings is 1. The summed E-state index contributed by atoms with van der Waals surface area (Å²) in [6, 6.07) is 0. The summed E-state index contributed by atoms with van der Waals surface area (Å²) in [5.41, 5.74) is 0.296. The van der Waals surface area contributed by atoms with Crippen LogP contribution in [-0.4, -0.2) is 15.5 Å². The third kappa shape index (κ3) is 2.53. The summed E-state index contributed by atoms with van der Waals surface area (Å²) in [4.78, 5) is 28.0. The van der Waals surface area contributed by atoms with Crippen molar-refractivity contribution < 1.29 is 9.90 Å². The Hall–Kier alpha value is -1.69. The summed E-state index contributed by atoms with van der Waals surface area (Å²) in [6.45, 7) is 4.34. The van der Waals surface area contributed by atoms with Gasteiger partial charge in [0.1, 0.15) is 4.83 Å². The number of rotatable bonds is 5. The molecule has 0 spiro atoms. The van der Waals surface area contributed by atoms with Gasteiger partial charge >= 0.3 is 0 Å². The van der Waals surface area contributed by atoms with Crippen LogP contribution >= 0.6 is 11.3 Å². The van der Waals surface area contributed by atoms with Gasteiger partial charge in [-0.1, -0.05) is 19.8 Å². The van der Waals surface area contributed by atoms with Crippen LogP contribution in [0.3, 0.4) is 0 Å². The number of aromatic carboxylic acids is 1. The fraction of sp³-hybridized carbons (Fsp3) is 0.462. The highest BCUT2D eigenvalue weighted by atomic mass is 32.1. The molecule has 0 saturated carbocycles. The summed E-state index contributed by atoms with van der Waals surface area (Å²) in [7, 11) is 0. The fourth-order valence-electron chi connectivity index (χ4n) is 2.05. The fourth-order valence-corrected chi connectivity index (χ4v) is 3.02. The Labute approximate surface area is 114 Å². The van der Waals surface area contributed by atoms with Gasteiger partial charge in [-0.15, -0.1) is 11.3 Å². The van der Waals surface area contributed by atoms with Gasteiger partial charge in [-0.05, 0) is 18.9 Å². The van der Waals surface area contributed by atoms with Gasteiger partial charge in [-0.3, -0.25) is 9.36 Å². The first-order valence-corrected chi connectivity index (χ1v) is 7.07. The topological polar surface area (TPSA) is 75.0 Å². The highest BCUT2D eigenvalue weighted by Gasteiger charge is 2.14. The van der Waals surface area contributed by atoms with E-state index in [0.717, 1.165) is 30.6 Å². The summed E-state index contributed by atoms with van der Waals surface area (Å²) < 4.78 is 1.55. The molecule has 102 valence electrons. The Bertz CT molecular complexity index is 672. The average Bonchev–Trinajstić information content (AvgIpc) is 2.71. The average molecular weight is 279 g/mol. The molecular formula is C13H15N2O3S-. The number of hydrogen-bond donors (Lipinski definition) is 0. The molecule has 2 heterocycles. The van der Waals surface area contributed by atoms with Gasteiger partial charge in [0, 0.05) is 6.54 Å². The van der Waals surface area contributed by atoms with E-state index in [1.807, 2.05) is 0 Å². The number of nitrogens with zero attached hydrogens (tertiary/aromatic N) is 2. The van der Waals surface area contributed by atoms with Crippen molar-refractivity contribution in [2.75, 3.05) is 0 Å². The zero-order valence-electron chi connectivity index (χ0n) is 10.9. The van der Waals surface area contributed by atoms with Crippen LogP contribution in [0.25, 0.3) is 10.2 Å². The Morgan fingerprint density at radius 3 is 2.84 bits per heavy atom. The molecule has 0 saturated heterocycles. The molecule has 0 aromatic carbocycles. The third-order valence-corrected chi connectivity index (χ3v) is 4.29. The molecule has 0 bridgehead atoms. The van der Waals surface area contributed by atoms with Gasteiger partial charge < -0.3 is 9.90 Å². The van der Waals surface area contributed by atoms with Gasteiger partial charge in [0.15, 0.2) is 0 Å². The largest absolute Gasteiger partial charge is 0.544 e. The summed E-state index contributed by atoms with van der Waals surface area (Å²) in [6.07, 6.45) is 4.55. The summed E-state index contributed by atoms with van der Waals surface area (Å²) in [5, 5.41) is 11.4. The van der Waals surface area contributed by atoms with Crippen LogP contribution in [0, 0.1) is 6.92 Å². The van der Waals surface area contributed by atoms with E-state index >= 15 is 0 Å². The van der Waals surface area contributed by atoms with E-state index in [1.54, 1.807) is 11.5 Å². The predicted molar refractivity (Wildman–Crippen MR) is 72.5 cm³/mol. The van der Waals surface area contributed by atoms with Gasteiger partial charge in [-0.25, -0.2) is 4.98 Å². The van der Waals surface area contributed by atoms with E-state index in [0.29, 0.717) is 22.3 Å². The Morgan fingerprint density at radius 2 is 2.21 bits per heavy atom. The van der Waals surface area contributed by atoms with Crippen LogP contribution < -0.4 is 10.7 Å². The first kappa shape index (κ1) is 13.7. The monoisotopic (exact) mass is 279 g/mol. The van der Waals surface area contributed by atoms with Gasteiger partial charge in [0.2, 0.25) is 0 Å². The lowest BCUT2D eigenvalue weighted by Gasteiger charge is -2.04. The van der Waals surface area contributed by atoms with E-state index in [2.05, 4.69) is 11.9 Å². The Balaban J connectivity index is 2.49. The summed E-state index contributed by atoms with van der Waals surface area (Å²) >= 11 is 0.997. The third-order valence-electron chi connectivity index (χ3n) is 3.11. The van der Waals surface area contributed by atoms with Gasteiger partial charge in [0.25, 0.3) is 5.56 Å². The second kappa shape index (κ2) is 5.52. The molecule has 0 amide bonds. The Morgan fingerprint density at radius 1 is 1.47 bits per heavy atom. The predicted octanol–water partition coefficient (Wildman–Crippen LogP) is 1.32. The lowest BCUT2D eigenvalue weighted by molar-refractivity contribution is -0.254. The standard InChI is InChI=1S/C13H16N2O3S/c1-3-4-5-6-15-7-14-11-9(12(15)16)8(2)10(19-11)13(17)18/h7H,3-6H2,1-2H3,(H,17,18)/p-1. The number of carbonyl (C=O) groups excluding carboxylic acids is 1. The number of carboxylic acids is 1. The van der Waals surface area contributed by atoms with Crippen molar-refractivity contribution in [3.8, 4) is 0 Å².